The van der Waals surface area contributed by atoms with E-state index >= 15 is 0 Å². The first-order valence-corrected chi connectivity index (χ1v) is 9.98. The number of fused-ring (bicyclic) bond motifs is 3. The number of aryl methyl sites for hydroxylation is 1. The van der Waals surface area contributed by atoms with Crippen molar-refractivity contribution in [2.45, 2.75) is 0 Å². The number of nitrogen functional groups attached to an aromatic ring is 1. The Morgan fingerprint density at radius 1 is 0.968 bits per heavy atom. The average Bonchev–Trinajstić information content (AvgIpc) is 3.48. The topological polar surface area (TPSA) is 86.2 Å². The van der Waals surface area contributed by atoms with E-state index in [0.717, 1.165) is 50.1 Å². The van der Waals surface area contributed by atoms with Gasteiger partial charge in [-0.1, -0.05) is 18.2 Å². The van der Waals surface area contributed by atoms with E-state index in [1.165, 1.54) is 0 Å². The zero-order valence-electron chi connectivity index (χ0n) is 17.1. The van der Waals surface area contributed by atoms with Crippen LogP contribution < -0.4 is 10.5 Å². The maximum absolute atomic E-state index is 6.39. The van der Waals surface area contributed by atoms with Gasteiger partial charge in [-0.15, -0.1) is 0 Å². The van der Waals surface area contributed by atoms with Crippen molar-refractivity contribution in [3.63, 3.8) is 0 Å². The van der Waals surface area contributed by atoms with Crippen LogP contribution in [-0.4, -0.2) is 31.3 Å². The lowest BCUT2D eigenvalue weighted by molar-refractivity contribution is 0.415. The number of H-pyrrole nitrogens is 1. The summed E-state index contributed by atoms with van der Waals surface area (Å²) >= 11 is 0. The van der Waals surface area contributed by atoms with E-state index < -0.39 is 0 Å². The molecule has 4 aromatic heterocycles. The number of rotatable bonds is 3. The van der Waals surface area contributed by atoms with Crippen LogP contribution in [0, 0.1) is 0 Å². The van der Waals surface area contributed by atoms with Gasteiger partial charge in [0.1, 0.15) is 11.6 Å². The molecule has 3 N–H and O–H groups in total. The summed E-state index contributed by atoms with van der Waals surface area (Å²) in [6.45, 7) is 0. The Bertz CT molecular complexity index is 1600. The average molecular weight is 408 g/mol. The number of aromatic amines is 1. The first-order valence-electron chi connectivity index (χ1n) is 9.98. The monoisotopic (exact) mass is 408 g/mol. The van der Waals surface area contributed by atoms with E-state index in [0.29, 0.717) is 11.5 Å². The Kier molecular flexibility index (Phi) is 3.61. The largest absolute Gasteiger partial charge is 0.497 e. The fourth-order valence-electron chi connectivity index (χ4n) is 4.25. The lowest BCUT2D eigenvalue weighted by Crippen LogP contribution is -2.01. The van der Waals surface area contributed by atoms with Gasteiger partial charge < -0.3 is 20.0 Å². The SMILES string of the molecule is COc1ccc2[nH]cc(-c3cc(N)n4nc(-c5cn(C)c6ccccc56)cc4n3)c2c1. The van der Waals surface area contributed by atoms with E-state index in [9.17, 15) is 0 Å². The molecule has 0 atom stereocenters. The Labute approximate surface area is 177 Å². The summed E-state index contributed by atoms with van der Waals surface area (Å²) in [5.41, 5.74) is 12.9. The predicted molar refractivity (Wildman–Crippen MR) is 123 cm³/mol. The van der Waals surface area contributed by atoms with Crippen LogP contribution in [0.3, 0.4) is 0 Å². The number of nitrogens with zero attached hydrogens (tertiary/aromatic N) is 4. The van der Waals surface area contributed by atoms with Crippen LogP contribution in [-0.2, 0) is 7.05 Å². The van der Waals surface area contributed by atoms with Gasteiger partial charge in [-0.05, 0) is 24.3 Å². The molecule has 152 valence electrons. The van der Waals surface area contributed by atoms with Crippen molar-refractivity contribution in [2.24, 2.45) is 7.05 Å². The Morgan fingerprint density at radius 3 is 2.71 bits per heavy atom. The van der Waals surface area contributed by atoms with Gasteiger partial charge in [-0.3, -0.25) is 0 Å². The molecular formula is C24H20N6O. The number of hydrogen-bond donors (Lipinski definition) is 2. The number of methoxy groups -OCH3 is 1. The van der Waals surface area contributed by atoms with Crippen LogP contribution in [0.5, 0.6) is 5.75 Å². The molecule has 0 unspecified atom stereocenters. The third-order valence-corrected chi connectivity index (χ3v) is 5.79. The van der Waals surface area contributed by atoms with Crippen molar-refractivity contribution in [2.75, 3.05) is 12.8 Å². The van der Waals surface area contributed by atoms with Crippen molar-refractivity contribution < 1.29 is 4.74 Å². The number of benzene rings is 2. The van der Waals surface area contributed by atoms with Crippen molar-refractivity contribution in [3.8, 4) is 28.3 Å². The van der Waals surface area contributed by atoms with Crippen LogP contribution in [0.4, 0.5) is 5.82 Å². The normalized spacial score (nSPS) is 11.7. The lowest BCUT2D eigenvalue weighted by atomic mass is 10.1. The standard InChI is InChI=1S/C24H20N6O/c1-29-13-18(15-5-3-4-6-22(15)29)21-11-24-27-20(10-23(25)30(24)28-21)17-12-26-19-8-7-14(31-2)9-16(17)19/h3-13,26H,25H2,1-2H3. The van der Waals surface area contributed by atoms with E-state index in [4.69, 9.17) is 20.6 Å². The molecule has 0 aliphatic carbocycles. The number of hydrogen-bond acceptors (Lipinski definition) is 4. The highest BCUT2D eigenvalue weighted by Gasteiger charge is 2.16. The number of para-hydroxylation sites is 1. The second kappa shape index (κ2) is 6.37. The Balaban J connectivity index is 1.54. The zero-order valence-corrected chi connectivity index (χ0v) is 17.1. The summed E-state index contributed by atoms with van der Waals surface area (Å²) < 4.78 is 9.19. The van der Waals surface area contributed by atoms with Crippen molar-refractivity contribution in [3.05, 3.63) is 67.0 Å². The van der Waals surface area contributed by atoms with Crippen LogP contribution in [0.15, 0.2) is 67.0 Å². The molecule has 0 amide bonds. The van der Waals surface area contributed by atoms with Crippen LogP contribution in [0.2, 0.25) is 0 Å². The number of aromatic nitrogens is 5. The molecule has 7 nitrogen and oxygen atoms in total. The highest BCUT2D eigenvalue weighted by Crippen LogP contribution is 2.33. The first-order chi connectivity index (χ1) is 15.1. The molecule has 6 aromatic rings. The van der Waals surface area contributed by atoms with Crippen LogP contribution >= 0.6 is 0 Å². The molecule has 4 heterocycles. The maximum atomic E-state index is 6.39. The minimum absolute atomic E-state index is 0.531. The van der Waals surface area contributed by atoms with E-state index in [1.54, 1.807) is 11.6 Å². The summed E-state index contributed by atoms with van der Waals surface area (Å²) in [6, 6.07) is 18.1. The Hall–Kier alpha value is -4.26. The number of anilines is 1. The molecule has 0 bridgehead atoms. The highest BCUT2D eigenvalue weighted by atomic mass is 16.5. The van der Waals surface area contributed by atoms with Gasteiger partial charge in [0, 0.05) is 64.5 Å². The third-order valence-electron chi connectivity index (χ3n) is 5.79. The van der Waals surface area contributed by atoms with Crippen molar-refractivity contribution in [1.82, 2.24) is 24.1 Å². The van der Waals surface area contributed by atoms with E-state index in [1.807, 2.05) is 55.7 Å². The third kappa shape index (κ3) is 2.60. The first kappa shape index (κ1) is 17.6. The summed E-state index contributed by atoms with van der Waals surface area (Å²) in [6.07, 6.45) is 4.04. The molecule has 0 aliphatic heterocycles. The molecule has 7 heteroatoms. The highest BCUT2D eigenvalue weighted by molar-refractivity contribution is 5.97. The molecular weight excluding hydrogens is 388 g/mol. The van der Waals surface area contributed by atoms with Crippen molar-refractivity contribution in [1.29, 1.82) is 0 Å². The molecule has 0 saturated carbocycles. The molecule has 0 saturated heterocycles. The van der Waals surface area contributed by atoms with E-state index in [-0.39, 0.29) is 0 Å². The molecule has 31 heavy (non-hydrogen) atoms. The molecule has 0 fully saturated rings. The number of nitrogens with two attached hydrogens (primary N) is 1. The zero-order chi connectivity index (χ0) is 21.1. The van der Waals surface area contributed by atoms with Gasteiger partial charge in [0.15, 0.2) is 5.65 Å². The van der Waals surface area contributed by atoms with Crippen LogP contribution in [0.1, 0.15) is 0 Å². The van der Waals surface area contributed by atoms with Crippen molar-refractivity contribution >= 4 is 33.3 Å². The molecule has 6 rings (SSSR count). The molecule has 0 radical (unpaired) electrons. The minimum atomic E-state index is 0.531. The van der Waals surface area contributed by atoms with E-state index in [2.05, 4.69) is 27.9 Å². The molecule has 2 aromatic carbocycles. The fraction of sp³-hybridized carbons (Fsp3) is 0.0833. The smallest absolute Gasteiger partial charge is 0.158 e. The van der Waals surface area contributed by atoms with Gasteiger partial charge >= 0.3 is 0 Å². The minimum Gasteiger partial charge on any atom is -0.497 e. The van der Waals surface area contributed by atoms with Gasteiger partial charge in [0.05, 0.1) is 18.5 Å². The second-order valence-electron chi connectivity index (χ2n) is 7.65. The summed E-state index contributed by atoms with van der Waals surface area (Å²) in [4.78, 5) is 8.17. The summed E-state index contributed by atoms with van der Waals surface area (Å²) in [7, 11) is 3.70. The molecule has 0 spiro atoms. The molecule has 0 aliphatic rings. The van der Waals surface area contributed by atoms with Gasteiger partial charge in [0.2, 0.25) is 0 Å². The van der Waals surface area contributed by atoms with Gasteiger partial charge in [0.25, 0.3) is 0 Å². The summed E-state index contributed by atoms with van der Waals surface area (Å²) in [5.74, 6) is 1.33. The summed E-state index contributed by atoms with van der Waals surface area (Å²) in [5, 5.41) is 6.93. The fourth-order valence-corrected chi connectivity index (χ4v) is 4.25. The van der Waals surface area contributed by atoms with Gasteiger partial charge in [-0.2, -0.15) is 9.61 Å². The van der Waals surface area contributed by atoms with Crippen LogP contribution in [0.25, 0.3) is 50.0 Å². The predicted octanol–water partition coefficient (Wildman–Crippen LogP) is 4.63. The number of ether oxygens (including phenoxy) is 1. The lowest BCUT2D eigenvalue weighted by Gasteiger charge is -2.04. The maximum Gasteiger partial charge on any atom is 0.158 e. The Morgan fingerprint density at radius 2 is 1.84 bits per heavy atom. The van der Waals surface area contributed by atoms with Gasteiger partial charge in [-0.25, -0.2) is 4.98 Å². The quantitative estimate of drug-likeness (QED) is 0.447. The number of nitrogens with one attached hydrogen (secondary N) is 1. The second-order valence-corrected chi connectivity index (χ2v) is 7.65.